The molecule has 2 aromatic rings. The zero-order chi connectivity index (χ0) is 20.9. The van der Waals surface area contributed by atoms with E-state index in [4.69, 9.17) is 0 Å². The van der Waals surface area contributed by atoms with Crippen molar-refractivity contribution >= 4 is 35.8 Å². The zero-order valence-corrected chi connectivity index (χ0v) is 20.7. The molecule has 0 fully saturated rings. The van der Waals surface area contributed by atoms with Crippen LogP contribution in [0, 0.1) is 13.8 Å². The molecule has 8 heteroatoms. The number of nitrogens with zero attached hydrogens (tertiary/aromatic N) is 4. The van der Waals surface area contributed by atoms with Gasteiger partial charge in [-0.05, 0) is 52.3 Å². The number of aliphatic imine (C=N–C) groups is 1. The van der Waals surface area contributed by atoms with Crippen LogP contribution >= 0.6 is 24.0 Å². The van der Waals surface area contributed by atoms with Gasteiger partial charge in [-0.25, -0.2) is 4.68 Å². The van der Waals surface area contributed by atoms with Crippen LogP contribution in [-0.4, -0.2) is 52.7 Å². The standard InChI is InChI=1S/C21H32N6O.HI/c1-15-12-16(2)27(25-15)18-11-9-8-10-17(18)13-23-20(22-6)26(7)14-19(28)24-21(3,4)5;/h8-12H,13-14H2,1-7H3,(H,22,23)(H,24,28);1H. The lowest BCUT2D eigenvalue weighted by atomic mass is 10.1. The van der Waals surface area contributed by atoms with Gasteiger partial charge in [-0.15, -0.1) is 24.0 Å². The molecule has 1 amide bonds. The lowest BCUT2D eigenvalue weighted by Crippen LogP contribution is -2.48. The van der Waals surface area contributed by atoms with Gasteiger partial charge in [-0.3, -0.25) is 9.79 Å². The van der Waals surface area contributed by atoms with Gasteiger partial charge in [0.1, 0.15) is 0 Å². The van der Waals surface area contributed by atoms with Crippen LogP contribution in [0.25, 0.3) is 5.69 Å². The summed E-state index contributed by atoms with van der Waals surface area (Å²) in [5, 5.41) is 10.9. The predicted molar refractivity (Wildman–Crippen MR) is 129 cm³/mol. The maximum absolute atomic E-state index is 12.2. The highest BCUT2D eigenvalue weighted by Crippen LogP contribution is 2.17. The van der Waals surface area contributed by atoms with Crippen LogP contribution in [0.2, 0.25) is 0 Å². The van der Waals surface area contributed by atoms with Crippen LogP contribution in [0.3, 0.4) is 0 Å². The van der Waals surface area contributed by atoms with Gasteiger partial charge in [-0.2, -0.15) is 5.10 Å². The van der Waals surface area contributed by atoms with Crippen LogP contribution in [-0.2, 0) is 11.3 Å². The molecule has 0 saturated carbocycles. The number of amides is 1. The van der Waals surface area contributed by atoms with Crippen molar-refractivity contribution in [1.82, 2.24) is 25.3 Å². The summed E-state index contributed by atoms with van der Waals surface area (Å²) in [6.07, 6.45) is 0. The molecular weight excluding hydrogens is 479 g/mol. The van der Waals surface area contributed by atoms with Crippen LogP contribution in [0.15, 0.2) is 35.3 Å². The molecule has 2 N–H and O–H groups in total. The van der Waals surface area contributed by atoms with Crippen LogP contribution in [0.4, 0.5) is 0 Å². The van der Waals surface area contributed by atoms with Crippen molar-refractivity contribution in [3.05, 3.63) is 47.3 Å². The van der Waals surface area contributed by atoms with Gasteiger partial charge >= 0.3 is 0 Å². The quantitative estimate of drug-likeness (QED) is 0.367. The number of benzene rings is 1. The Morgan fingerprint density at radius 2 is 1.90 bits per heavy atom. The molecule has 0 aliphatic rings. The van der Waals surface area contributed by atoms with Crippen molar-refractivity contribution in [3.63, 3.8) is 0 Å². The van der Waals surface area contributed by atoms with Gasteiger partial charge in [0.15, 0.2) is 5.96 Å². The first-order valence-electron chi connectivity index (χ1n) is 9.45. The molecule has 0 radical (unpaired) electrons. The highest BCUT2D eigenvalue weighted by atomic mass is 127. The first kappa shape index (κ1) is 24.9. The Balaban J connectivity index is 0.00000420. The molecule has 0 unspecified atom stereocenters. The number of carbonyl (C=O) groups is 1. The van der Waals surface area contributed by atoms with Crippen molar-refractivity contribution < 1.29 is 4.79 Å². The number of carbonyl (C=O) groups excluding carboxylic acids is 1. The molecule has 0 bridgehead atoms. The molecule has 2 rings (SSSR count). The van der Waals surface area contributed by atoms with E-state index in [-0.39, 0.29) is 42.0 Å². The average molecular weight is 512 g/mol. The van der Waals surface area contributed by atoms with Crippen molar-refractivity contribution in [2.24, 2.45) is 4.99 Å². The molecule has 1 heterocycles. The third kappa shape index (κ3) is 7.34. The third-order valence-corrected chi connectivity index (χ3v) is 4.13. The van der Waals surface area contributed by atoms with Crippen LogP contribution in [0.5, 0.6) is 0 Å². The van der Waals surface area contributed by atoms with Crippen molar-refractivity contribution in [1.29, 1.82) is 0 Å². The molecule has 160 valence electrons. The smallest absolute Gasteiger partial charge is 0.240 e. The molecule has 1 aromatic carbocycles. The third-order valence-electron chi connectivity index (χ3n) is 4.13. The average Bonchev–Trinajstić information content (AvgIpc) is 2.92. The Kier molecular flexibility index (Phi) is 9.13. The molecule has 1 aromatic heterocycles. The van der Waals surface area contributed by atoms with E-state index in [1.807, 2.05) is 63.4 Å². The summed E-state index contributed by atoms with van der Waals surface area (Å²) in [7, 11) is 3.57. The van der Waals surface area contributed by atoms with E-state index in [2.05, 4.69) is 38.9 Å². The van der Waals surface area contributed by atoms with E-state index >= 15 is 0 Å². The Hall–Kier alpha value is -2.10. The minimum atomic E-state index is -0.256. The first-order chi connectivity index (χ1) is 13.1. The Morgan fingerprint density at radius 3 is 2.45 bits per heavy atom. The van der Waals surface area contributed by atoms with E-state index < -0.39 is 0 Å². The van der Waals surface area contributed by atoms with Gasteiger partial charge in [0.05, 0.1) is 17.9 Å². The van der Waals surface area contributed by atoms with E-state index in [0.29, 0.717) is 12.5 Å². The summed E-state index contributed by atoms with van der Waals surface area (Å²) < 4.78 is 1.95. The van der Waals surface area contributed by atoms with Crippen molar-refractivity contribution in [3.8, 4) is 5.69 Å². The summed E-state index contributed by atoms with van der Waals surface area (Å²) in [6, 6.07) is 10.2. The Labute approximate surface area is 191 Å². The maximum Gasteiger partial charge on any atom is 0.240 e. The predicted octanol–water partition coefficient (Wildman–Crippen LogP) is 3.03. The summed E-state index contributed by atoms with van der Waals surface area (Å²) in [4.78, 5) is 18.3. The number of aromatic nitrogens is 2. The van der Waals surface area contributed by atoms with E-state index in [1.165, 1.54) is 0 Å². The molecule has 29 heavy (non-hydrogen) atoms. The fourth-order valence-corrected chi connectivity index (χ4v) is 3.05. The number of nitrogens with one attached hydrogen (secondary N) is 2. The normalized spacial score (nSPS) is 11.6. The van der Waals surface area contributed by atoms with Gasteiger partial charge in [0.2, 0.25) is 5.91 Å². The summed E-state index contributed by atoms with van der Waals surface area (Å²) >= 11 is 0. The van der Waals surface area contributed by atoms with E-state index in [0.717, 1.165) is 22.6 Å². The molecule has 0 aliphatic carbocycles. The number of hydrogen-bond acceptors (Lipinski definition) is 3. The van der Waals surface area contributed by atoms with Crippen LogP contribution in [0.1, 0.15) is 37.7 Å². The van der Waals surface area contributed by atoms with Gasteiger partial charge < -0.3 is 15.5 Å². The fraction of sp³-hybridized carbons (Fsp3) is 0.476. The largest absolute Gasteiger partial charge is 0.352 e. The summed E-state index contributed by atoms with van der Waals surface area (Å²) in [6.45, 7) is 10.7. The van der Waals surface area contributed by atoms with Crippen molar-refractivity contribution in [2.45, 2.75) is 46.7 Å². The Morgan fingerprint density at radius 1 is 1.24 bits per heavy atom. The zero-order valence-electron chi connectivity index (χ0n) is 18.4. The number of aryl methyl sites for hydroxylation is 2. The molecule has 0 atom stereocenters. The van der Waals surface area contributed by atoms with E-state index in [9.17, 15) is 4.79 Å². The van der Waals surface area contributed by atoms with Gasteiger partial charge in [0, 0.05) is 31.9 Å². The van der Waals surface area contributed by atoms with Gasteiger partial charge in [0.25, 0.3) is 0 Å². The molecule has 7 nitrogen and oxygen atoms in total. The second-order valence-electron chi connectivity index (χ2n) is 8.02. The SMILES string of the molecule is CN=C(NCc1ccccc1-n1nc(C)cc1C)N(C)CC(=O)NC(C)(C)C.I. The second kappa shape index (κ2) is 10.6. The van der Waals surface area contributed by atoms with Crippen LogP contribution < -0.4 is 10.6 Å². The van der Waals surface area contributed by atoms with Crippen molar-refractivity contribution in [2.75, 3.05) is 20.6 Å². The highest BCUT2D eigenvalue weighted by molar-refractivity contribution is 14.0. The number of halogens is 1. The minimum Gasteiger partial charge on any atom is -0.352 e. The highest BCUT2D eigenvalue weighted by Gasteiger charge is 2.17. The molecule has 0 saturated heterocycles. The molecule has 0 spiro atoms. The number of rotatable bonds is 5. The molecule has 0 aliphatic heterocycles. The lowest BCUT2D eigenvalue weighted by Gasteiger charge is -2.25. The van der Waals surface area contributed by atoms with Gasteiger partial charge in [-0.1, -0.05) is 18.2 Å². The minimum absolute atomic E-state index is 0. The fourth-order valence-electron chi connectivity index (χ4n) is 3.05. The first-order valence-corrected chi connectivity index (χ1v) is 9.45. The number of guanidine groups is 1. The number of hydrogen-bond donors (Lipinski definition) is 2. The second-order valence-corrected chi connectivity index (χ2v) is 8.02. The van der Waals surface area contributed by atoms with E-state index in [1.54, 1.807) is 7.05 Å². The number of para-hydroxylation sites is 1. The Bertz CT molecular complexity index is 853. The summed E-state index contributed by atoms with van der Waals surface area (Å²) in [5.41, 5.74) is 3.95. The monoisotopic (exact) mass is 512 g/mol. The maximum atomic E-state index is 12.2. The topological polar surface area (TPSA) is 74.5 Å². The summed E-state index contributed by atoms with van der Waals surface area (Å²) in [5.74, 6) is 0.619. The molecular formula is C21H33IN6O. The lowest BCUT2D eigenvalue weighted by molar-refractivity contribution is -0.122. The number of likely N-dealkylation sites (N-methyl/N-ethyl adjacent to an activating group) is 1.